The maximum atomic E-state index is 13.9. The Morgan fingerprint density at radius 3 is 2.67 bits per heavy atom. The number of halogens is 1. The van der Waals surface area contributed by atoms with Gasteiger partial charge in [-0.15, -0.1) is 0 Å². The zero-order valence-corrected chi connectivity index (χ0v) is 14.7. The lowest BCUT2D eigenvalue weighted by Gasteiger charge is -2.15. The first-order chi connectivity index (χ1) is 13.2. The molecule has 0 saturated carbocycles. The van der Waals surface area contributed by atoms with Gasteiger partial charge >= 0.3 is 0 Å². The topological polar surface area (TPSA) is 62.1 Å². The molecule has 136 valence electrons. The van der Waals surface area contributed by atoms with E-state index in [2.05, 4.69) is 5.32 Å². The molecule has 0 aliphatic carbocycles. The van der Waals surface area contributed by atoms with Gasteiger partial charge < -0.3 is 10.1 Å². The van der Waals surface area contributed by atoms with Gasteiger partial charge in [-0.25, -0.2) is 4.39 Å². The van der Waals surface area contributed by atoms with Crippen LogP contribution in [0.4, 0.5) is 4.39 Å². The van der Waals surface area contributed by atoms with Crippen molar-refractivity contribution in [3.05, 3.63) is 77.6 Å². The largest absolute Gasteiger partial charge is 0.488 e. The van der Waals surface area contributed by atoms with Crippen LogP contribution in [-0.4, -0.2) is 12.5 Å². The highest BCUT2D eigenvalue weighted by molar-refractivity contribution is 5.88. The fraction of sp³-hybridized carbons (Fsp3) is 0.182. The van der Waals surface area contributed by atoms with Gasteiger partial charge in [0.1, 0.15) is 24.6 Å². The summed E-state index contributed by atoms with van der Waals surface area (Å²) < 4.78 is 19.8. The van der Waals surface area contributed by atoms with Crippen molar-refractivity contribution in [3.8, 4) is 11.8 Å². The van der Waals surface area contributed by atoms with Crippen LogP contribution in [0.2, 0.25) is 0 Å². The Morgan fingerprint density at radius 1 is 1.07 bits per heavy atom. The standard InChI is InChI=1S/C22H19FN2O2/c23-20-8-4-2-6-17(20)15-27-21-10-9-16-5-1-3-7-18(16)19(21)12-14-25-22(26)11-13-24/h1-10H,11-12,14-15H2,(H,25,26). The third-order valence-electron chi connectivity index (χ3n) is 4.28. The highest BCUT2D eigenvalue weighted by Crippen LogP contribution is 2.29. The molecule has 0 unspecified atom stereocenters. The summed E-state index contributed by atoms with van der Waals surface area (Å²) in [7, 11) is 0. The minimum Gasteiger partial charge on any atom is -0.488 e. The lowest BCUT2D eigenvalue weighted by molar-refractivity contribution is -0.120. The van der Waals surface area contributed by atoms with Crippen molar-refractivity contribution < 1.29 is 13.9 Å². The smallest absolute Gasteiger partial charge is 0.234 e. The van der Waals surface area contributed by atoms with E-state index in [1.54, 1.807) is 18.2 Å². The Kier molecular flexibility index (Phi) is 6.01. The first-order valence-corrected chi connectivity index (χ1v) is 8.69. The molecule has 0 fully saturated rings. The maximum Gasteiger partial charge on any atom is 0.234 e. The minimum absolute atomic E-state index is 0.124. The average molecular weight is 362 g/mol. The molecule has 0 aliphatic rings. The molecule has 0 atom stereocenters. The molecule has 0 aromatic heterocycles. The SMILES string of the molecule is N#CCC(=O)NCCc1c(OCc2ccccc2F)ccc2ccccc12. The van der Waals surface area contributed by atoms with Crippen LogP contribution in [0.5, 0.6) is 5.75 Å². The fourth-order valence-corrected chi connectivity index (χ4v) is 2.94. The Labute approximate surface area is 157 Å². The Balaban J connectivity index is 1.82. The number of hydrogen-bond acceptors (Lipinski definition) is 3. The summed E-state index contributed by atoms with van der Waals surface area (Å²) >= 11 is 0. The van der Waals surface area contributed by atoms with Crippen molar-refractivity contribution in [2.45, 2.75) is 19.4 Å². The summed E-state index contributed by atoms with van der Waals surface area (Å²) in [6.07, 6.45) is 0.386. The number of nitrogens with zero attached hydrogens (tertiary/aromatic N) is 1. The molecular weight excluding hydrogens is 343 g/mol. The van der Waals surface area contributed by atoms with E-state index in [-0.39, 0.29) is 24.8 Å². The monoisotopic (exact) mass is 362 g/mol. The molecule has 0 bridgehead atoms. The van der Waals surface area contributed by atoms with Crippen LogP contribution < -0.4 is 10.1 Å². The molecule has 5 heteroatoms. The maximum absolute atomic E-state index is 13.9. The third-order valence-corrected chi connectivity index (χ3v) is 4.28. The first-order valence-electron chi connectivity index (χ1n) is 8.69. The van der Waals surface area contributed by atoms with Gasteiger partial charge in [-0.3, -0.25) is 4.79 Å². The predicted octanol–water partition coefficient (Wildman–Crippen LogP) is 4.13. The molecule has 3 rings (SSSR count). The van der Waals surface area contributed by atoms with Gasteiger partial charge in [0.15, 0.2) is 0 Å². The first kappa shape index (κ1) is 18.4. The van der Waals surface area contributed by atoms with Crippen molar-refractivity contribution in [3.63, 3.8) is 0 Å². The van der Waals surface area contributed by atoms with Crippen LogP contribution in [0.25, 0.3) is 10.8 Å². The molecule has 27 heavy (non-hydrogen) atoms. The van der Waals surface area contributed by atoms with E-state index in [0.717, 1.165) is 16.3 Å². The lowest BCUT2D eigenvalue weighted by Crippen LogP contribution is -2.25. The molecule has 0 spiro atoms. The van der Waals surface area contributed by atoms with Crippen LogP contribution in [-0.2, 0) is 17.8 Å². The number of carbonyl (C=O) groups is 1. The number of carbonyl (C=O) groups excluding carboxylic acids is 1. The number of amides is 1. The van der Waals surface area contributed by atoms with Gasteiger partial charge in [0, 0.05) is 17.7 Å². The van der Waals surface area contributed by atoms with E-state index in [1.807, 2.05) is 42.5 Å². The van der Waals surface area contributed by atoms with E-state index in [1.165, 1.54) is 6.07 Å². The quantitative estimate of drug-likeness (QED) is 0.687. The van der Waals surface area contributed by atoms with Gasteiger partial charge in [-0.1, -0.05) is 48.5 Å². The minimum atomic E-state index is -0.302. The molecule has 4 nitrogen and oxygen atoms in total. The molecular formula is C22H19FN2O2. The molecule has 0 aliphatic heterocycles. The Bertz CT molecular complexity index is 995. The molecule has 0 radical (unpaired) electrons. The van der Waals surface area contributed by atoms with Crippen molar-refractivity contribution in [1.29, 1.82) is 5.26 Å². The highest BCUT2D eigenvalue weighted by Gasteiger charge is 2.11. The zero-order valence-electron chi connectivity index (χ0n) is 14.7. The highest BCUT2D eigenvalue weighted by atomic mass is 19.1. The summed E-state index contributed by atoms with van der Waals surface area (Å²) in [5.74, 6) is 0.0571. The second-order valence-electron chi connectivity index (χ2n) is 6.08. The second-order valence-corrected chi connectivity index (χ2v) is 6.08. The number of rotatable bonds is 7. The van der Waals surface area contributed by atoms with Gasteiger partial charge in [-0.2, -0.15) is 5.26 Å². The van der Waals surface area contributed by atoms with E-state index in [4.69, 9.17) is 10.00 Å². The average Bonchev–Trinajstić information content (AvgIpc) is 2.68. The molecule has 3 aromatic rings. The van der Waals surface area contributed by atoms with Gasteiger partial charge in [0.2, 0.25) is 5.91 Å². The third kappa shape index (κ3) is 4.62. The van der Waals surface area contributed by atoms with E-state index in [9.17, 15) is 9.18 Å². The number of hydrogen-bond donors (Lipinski definition) is 1. The summed E-state index contributed by atoms with van der Waals surface area (Å²) in [6.45, 7) is 0.517. The molecule has 1 amide bonds. The van der Waals surface area contributed by atoms with Crippen LogP contribution in [0.1, 0.15) is 17.5 Å². The summed E-state index contributed by atoms with van der Waals surface area (Å²) in [6, 6.07) is 20.1. The van der Waals surface area contributed by atoms with Crippen LogP contribution in [0, 0.1) is 17.1 Å². The molecule has 0 saturated heterocycles. The number of benzene rings is 3. The number of nitrogens with one attached hydrogen (secondary N) is 1. The number of ether oxygens (including phenoxy) is 1. The second kappa shape index (κ2) is 8.81. The van der Waals surface area contributed by atoms with E-state index < -0.39 is 0 Å². The molecule has 3 aromatic carbocycles. The van der Waals surface area contributed by atoms with Crippen molar-refractivity contribution in [1.82, 2.24) is 5.32 Å². The number of nitriles is 1. The van der Waals surface area contributed by atoms with Crippen LogP contribution in [0.3, 0.4) is 0 Å². The lowest BCUT2D eigenvalue weighted by atomic mass is 10.0. The fourth-order valence-electron chi connectivity index (χ4n) is 2.94. The van der Waals surface area contributed by atoms with E-state index >= 15 is 0 Å². The molecule has 1 N–H and O–H groups in total. The van der Waals surface area contributed by atoms with E-state index in [0.29, 0.717) is 24.3 Å². The zero-order chi connectivity index (χ0) is 19.1. The van der Waals surface area contributed by atoms with Crippen LogP contribution in [0.15, 0.2) is 60.7 Å². The van der Waals surface area contributed by atoms with Gasteiger partial charge in [0.05, 0.1) is 6.07 Å². The summed E-state index contributed by atoms with van der Waals surface area (Å²) in [4.78, 5) is 11.5. The Morgan fingerprint density at radius 2 is 1.85 bits per heavy atom. The van der Waals surface area contributed by atoms with Crippen molar-refractivity contribution in [2.75, 3.05) is 6.54 Å². The van der Waals surface area contributed by atoms with Crippen LogP contribution >= 0.6 is 0 Å². The Hall–Kier alpha value is -3.39. The van der Waals surface area contributed by atoms with Crippen molar-refractivity contribution in [2.24, 2.45) is 0 Å². The normalized spacial score (nSPS) is 10.4. The van der Waals surface area contributed by atoms with Crippen molar-refractivity contribution >= 4 is 16.7 Å². The summed E-state index contributed by atoms with van der Waals surface area (Å²) in [5.41, 5.74) is 1.43. The predicted molar refractivity (Wildman–Crippen MR) is 102 cm³/mol. The molecule has 0 heterocycles. The van der Waals surface area contributed by atoms with Gasteiger partial charge in [0.25, 0.3) is 0 Å². The summed E-state index contributed by atoms with van der Waals surface area (Å²) in [5, 5.41) is 13.4. The van der Waals surface area contributed by atoms with Gasteiger partial charge in [-0.05, 0) is 29.3 Å². The number of fused-ring (bicyclic) bond motifs is 1.